The number of rotatable bonds is 15. The Kier molecular flexibility index (Phi) is 11.0. The van der Waals surface area contributed by atoms with Gasteiger partial charge in [-0.15, -0.1) is 0 Å². The molecule has 1 heterocycles. The van der Waals surface area contributed by atoms with Crippen molar-refractivity contribution in [3.05, 3.63) is 71.9 Å². The molecule has 0 aliphatic rings. The highest BCUT2D eigenvalue weighted by molar-refractivity contribution is 5.94. The smallest absolute Gasteiger partial charge is 0.326 e. The van der Waals surface area contributed by atoms with Crippen LogP contribution in [0.2, 0.25) is 0 Å². The third-order valence-corrected chi connectivity index (χ3v) is 6.48. The van der Waals surface area contributed by atoms with Crippen LogP contribution in [0.4, 0.5) is 0 Å². The number of nitrogens with one attached hydrogen (secondary N) is 4. The Morgan fingerprint density at radius 2 is 1.41 bits per heavy atom. The Hall–Kier alpha value is -4.75. The molecule has 0 spiro atoms. The van der Waals surface area contributed by atoms with Gasteiger partial charge in [-0.3, -0.25) is 19.2 Å². The molecule has 218 valence electrons. The summed E-state index contributed by atoms with van der Waals surface area (Å²) in [5.41, 5.74) is 13.6. The van der Waals surface area contributed by atoms with Gasteiger partial charge in [0.2, 0.25) is 23.6 Å². The maximum absolute atomic E-state index is 13.0. The van der Waals surface area contributed by atoms with E-state index in [2.05, 4.69) is 20.9 Å². The van der Waals surface area contributed by atoms with Gasteiger partial charge in [0.25, 0.3) is 0 Å². The van der Waals surface area contributed by atoms with E-state index in [1.807, 2.05) is 24.3 Å². The predicted octanol–water partition coefficient (Wildman–Crippen LogP) is -0.923. The molecule has 10 N–H and O–H groups in total. The average Bonchev–Trinajstić information content (AvgIpc) is 3.36. The molecule has 4 amide bonds. The number of para-hydroxylation sites is 1. The van der Waals surface area contributed by atoms with Crippen LogP contribution in [0.5, 0.6) is 0 Å². The summed E-state index contributed by atoms with van der Waals surface area (Å²) < 4.78 is 0. The molecule has 0 aliphatic carbocycles. The van der Waals surface area contributed by atoms with E-state index < -0.39 is 60.4 Å². The van der Waals surface area contributed by atoms with Gasteiger partial charge in [0.15, 0.2) is 0 Å². The van der Waals surface area contributed by atoms with Crippen LogP contribution in [-0.2, 0) is 36.8 Å². The zero-order valence-electron chi connectivity index (χ0n) is 22.2. The first kappa shape index (κ1) is 30.8. The fourth-order valence-corrected chi connectivity index (χ4v) is 4.25. The third-order valence-electron chi connectivity index (χ3n) is 6.48. The highest BCUT2D eigenvalue weighted by atomic mass is 16.4. The van der Waals surface area contributed by atoms with Gasteiger partial charge in [-0.25, -0.2) is 4.79 Å². The molecule has 13 nitrogen and oxygen atoms in total. The molecular formula is C28H34N6O7. The summed E-state index contributed by atoms with van der Waals surface area (Å²) in [5.74, 6) is -4.56. The normalized spacial score (nSPS) is 13.9. The van der Waals surface area contributed by atoms with Crippen LogP contribution in [0.15, 0.2) is 60.8 Å². The van der Waals surface area contributed by atoms with Crippen molar-refractivity contribution in [2.24, 2.45) is 11.5 Å². The lowest BCUT2D eigenvalue weighted by Gasteiger charge is -2.24. The minimum absolute atomic E-state index is 0.0258. The number of fused-ring (bicyclic) bond motifs is 1. The Bertz CT molecular complexity index is 1380. The molecule has 41 heavy (non-hydrogen) atoms. The number of nitrogens with two attached hydrogens (primary N) is 2. The zero-order chi connectivity index (χ0) is 29.9. The number of hydrogen-bond acceptors (Lipinski definition) is 7. The zero-order valence-corrected chi connectivity index (χ0v) is 22.2. The Morgan fingerprint density at radius 3 is 2.07 bits per heavy atom. The van der Waals surface area contributed by atoms with Crippen LogP contribution in [0.1, 0.15) is 24.0 Å². The Balaban J connectivity index is 1.65. The fourth-order valence-electron chi connectivity index (χ4n) is 4.25. The van der Waals surface area contributed by atoms with Gasteiger partial charge in [0.05, 0.1) is 12.6 Å². The van der Waals surface area contributed by atoms with E-state index >= 15 is 0 Å². The van der Waals surface area contributed by atoms with E-state index in [1.165, 1.54) is 0 Å². The summed E-state index contributed by atoms with van der Waals surface area (Å²) >= 11 is 0. The first-order chi connectivity index (χ1) is 19.6. The van der Waals surface area contributed by atoms with Crippen LogP contribution in [0.3, 0.4) is 0 Å². The number of carbonyl (C=O) groups is 5. The maximum atomic E-state index is 13.0. The van der Waals surface area contributed by atoms with Crippen molar-refractivity contribution >= 4 is 40.5 Å². The number of primary amides is 1. The number of H-pyrrole nitrogens is 1. The van der Waals surface area contributed by atoms with Crippen molar-refractivity contribution in [2.75, 3.05) is 6.61 Å². The maximum Gasteiger partial charge on any atom is 0.326 e. The van der Waals surface area contributed by atoms with Crippen LogP contribution in [0.25, 0.3) is 10.9 Å². The van der Waals surface area contributed by atoms with Crippen molar-refractivity contribution in [2.45, 2.75) is 49.9 Å². The summed E-state index contributed by atoms with van der Waals surface area (Å²) in [5, 5.41) is 27.4. The summed E-state index contributed by atoms with van der Waals surface area (Å²) in [7, 11) is 0. The van der Waals surface area contributed by atoms with E-state index in [0.29, 0.717) is 5.56 Å². The number of carboxylic acids is 1. The number of aromatic amines is 1. The fraction of sp³-hybridized carbons (Fsp3) is 0.321. The molecule has 1 aromatic heterocycles. The molecule has 3 aromatic rings. The minimum Gasteiger partial charge on any atom is -0.480 e. The highest BCUT2D eigenvalue weighted by Gasteiger charge is 2.30. The van der Waals surface area contributed by atoms with Crippen molar-refractivity contribution in [3.63, 3.8) is 0 Å². The molecule has 0 fully saturated rings. The summed E-state index contributed by atoms with van der Waals surface area (Å²) in [6.45, 7) is -0.812. The number of aromatic nitrogens is 1. The summed E-state index contributed by atoms with van der Waals surface area (Å²) in [6, 6.07) is 10.8. The minimum atomic E-state index is -1.47. The molecule has 0 saturated carbocycles. The second kappa shape index (κ2) is 14.6. The van der Waals surface area contributed by atoms with Gasteiger partial charge in [-0.1, -0.05) is 48.5 Å². The number of carbonyl (C=O) groups excluding carboxylic acids is 4. The lowest BCUT2D eigenvalue weighted by molar-refractivity contribution is -0.142. The highest BCUT2D eigenvalue weighted by Crippen LogP contribution is 2.18. The number of aliphatic carboxylic acids is 1. The first-order valence-electron chi connectivity index (χ1n) is 13.0. The van der Waals surface area contributed by atoms with E-state index in [9.17, 15) is 34.2 Å². The van der Waals surface area contributed by atoms with Gasteiger partial charge in [-0.2, -0.15) is 0 Å². The number of carboxylic acid groups (broad SMARTS) is 1. The molecule has 4 atom stereocenters. The number of amides is 4. The molecule has 0 saturated heterocycles. The van der Waals surface area contributed by atoms with Crippen LogP contribution in [0, 0.1) is 0 Å². The Labute approximate surface area is 235 Å². The molecule has 2 aromatic carbocycles. The van der Waals surface area contributed by atoms with E-state index in [-0.39, 0.29) is 25.7 Å². The Morgan fingerprint density at radius 1 is 0.805 bits per heavy atom. The first-order valence-corrected chi connectivity index (χ1v) is 13.0. The predicted molar refractivity (Wildman–Crippen MR) is 149 cm³/mol. The van der Waals surface area contributed by atoms with Crippen LogP contribution < -0.4 is 27.4 Å². The van der Waals surface area contributed by atoms with Crippen molar-refractivity contribution in [1.82, 2.24) is 20.9 Å². The van der Waals surface area contributed by atoms with Gasteiger partial charge < -0.3 is 42.6 Å². The summed E-state index contributed by atoms with van der Waals surface area (Å²) in [6.07, 6.45) is 1.33. The SMILES string of the molecule is NC(=O)CCC(NC(=O)C(CO)NC(=O)C(N)Cc1c[nH]c2ccccc12)C(=O)NC(Cc1ccccc1)C(=O)O. The van der Waals surface area contributed by atoms with Crippen molar-refractivity contribution < 1.29 is 34.2 Å². The average molecular weight is 567 g/mol. The molecule has 3 rings (SSSR count). The molecule has 4 unspecified atom stereocenters. The summed E-state index contributed by atoms with van der Waals surface area (Å²) in [4.78, 5) is 65.0. The van der Waals surface area contributed by atoms with Gasteiger partial charge >= 0.3 is 5.97 Å². The monoisotopic (exact) mass is 566 g/mol. The standard InChI is InChI=1S/C28H34N6O7/c29-19(13-17-14-31-20-9-5-4-8-18(17)20)25(37)34-23(15-35)27(39)32-21(10-11-24(30)36)26(38)33-22(28(40)41)12-16-6-2-1-3-7-16/h1-9,14,19,21-23,31,35H,10-13,15,29H2,(H2,30,36)(H,32,39)(H,33,38)(H,34,37)(H,40,41). The van der Waals surface area contributed by atoms with E-state index in [1.54, 1.807) is 36.5 Å². The lowest BCUT2D eigenvalue weighted by Crippen LogP contribution is -2.58. The topological polar surface area (TPSA) is 230 Å². The largest absolute Gasteiger partial charge is 0.480 e. The van der Waals surface area contributed by atoms with Crippen molar-refractivity contribution in [3.8, 4) is 0 Å². The van der Waals surface area contributed by atoms with Crippen LogP contribution in [-0.4, -0.2) is 75.6 Å². The van der Waals surface area contributed by atoms with Gasteiger partial charge in [-0.05, 0) is 30.0 Å². The van der Waals surface area contributed by atoms with Gasteiger partial charge in [0.1, 0.15) is 18.1 Å². The second-order valence-electron chi connectivity index (χ2n) is 9.57. The second-order valence-corrected chi connectivity index (χ2v) is 9.57. The molecule has 0 bridgehead atoms. The molecular weight excluding hydrogens is 532 g/mol. The van der Waals surface area contributed by atoms with E-state index in [0.717, 1.165) is 16.5 Å². The quantitative estimate of drug-likeness (QED) is 0.114. The van der Waals surface area contributed by atoms with E-state index in [4.69, 9.17) is 11.5 Å². The van der Waals surface area contributed by atoms with Gasteiger partial charge in [0, 0.05) is 29.9 Å². The number of hydrogen-bond donors (Lipinski definition) is 8. The lowest BCUT2D eigenvalue weighted by atomic mass is 10.0. The molecule has 13 heteroatoms. The van der Waals surface area contributed by atoms with Crippen molar-refractivity contribution in [1.29, 1.82) is 0 Å². The number of benzene rings is 2. The molecule has 0 aliphatic heterocycles. The van der Waals surface area contributed by atoms with Crippen LogP contribution >= 0.6 is 0 Å². The molecule has 0 radical (unpaired) electrons. The third kappa shape index (κ3) is 8.88. The number of aliphatic hydroxyl groups is 1. The number of aliphatic hydroxyl groups excluding tert-OH is 1.